The summed E-state index contributed by atoms with van der Waals surface area (Å²) < 4.78 is 13.0. The number of benzene rings is 5. The lowest BCUT2D eigenvalue weighted by atomic mass is 9.94. The molecule has 0 spiro atoms. The van der Waals surface area contributed by atoms with Crippen LogP contribution in [0.2, 0.25) is 0 Å². The fraction of sp³-hybridized carbons (Fsp3) is 0. The summed E-state index contributed by atoms with van der Waals surface area (Å²) in [6.45, 7) is 0. The van der Waals surface area contributed by atoms with Crippen molar-refractivity contribution in [1.82, 2.24) is 24.9 Å². The maximum Gasteiger partial charge on any atom is 0.164 e. The molecule has 5 aromatic heterocycles. The Balaban J connectivity index is 1.26. The van der Waals surface area contributed by atoms with Crippen molar-refractivity contribution in [2.24, 2.45) is 0 Å². The summed E-state index contributed by atoms with van der Waals surface area (Å²) in [5.41, 5.74) is 9.72. The first-order valence-corrected chi connectivity index (χ1v) is 16.3. The fourth-order valence-electron chi connectivity index (χ4n) is 6.78. The molecule has 0 radical (unpaired) electrons. The lowest BCUT2D eigenvalue weighted by molar-refractivity contribution is 0.670. The van der Waals surface area contributed by atoms with E-state index in [0.717, 1.165) is 82.8 Å². The molecule has 0 aliphatic carbocycles. The van der Waals surface area contributed by atoms with Crippen LogP contribution in [0.5, 0.6) is 0 Å². The van der Waals surface area contributed by atoms with Gasteiger partial charge in [-0.05, 0) is 65.7 Å². The maximum absolute atomic E-state index is 6.52. The van der Waals surface area contributed by atoms with E-state index in [1.807, 2.05) is 60.7 Å². The number of para-hydroxylation sites is 4. The zero-order valence-corrected chi connectivity index (χ0v) is 26.5. The van der Waals surface area contributed by atoms with Crippen molar-refractivity contribution in [1.29, 1.82) is 0 Å². The third-order valence-corrected chi connectivity index (χ3v) is 9.13. The minimum atomic E-state index is 0.537. The normalized spacial score (nSPS) is 11.6. The van der Waals surface area contributed by atoms with E-state index >= 15 is 0 Å². The molecule has 0 amide bonds. The summed E-state index contributed by atoms with van der Waals surface area (Å²) in [6, 6.07) is 43.0. The summed E-state index contributed by atoms with van der Waals surface area (Å²) in [5.74, 6) is 1.64. The molecule has 10 rings (SSSR count). The molecule has 50 heavy (non-hydrogen) atoms. The predicted octanol–water partition coefficient (Wildman–Crippen LogP) is 10.8. The van der Waals surface area contributed by atoms with Gasteiger partial charge >= 0.3 is 0 Å². The summed E-state index contributed by atoms with van der Waals surface area (Å²) in [4.78, 5) is 23.4. The molecular formula is C43H25N5O2. The molecule has 5 heterocycles. The van der Waals surface area contributed by atoms with Crippen LogP contribution in [0.25, 0.3) is 100 Å². The molecule has 0 fully saturated rings. The van der Waals surface area contributed by atoms with Crippen molar-refractivity contribution in [3.8, 4) is 56.4 Å². The van der Waals surface area contributed by atoms with E-state index in [0.29, 0.717) is 17.5 Å². The SMILES string of the molecule is c1ccc2c(c1)oc1c(-c3cc(-c4nc(-c5ccncc5)nc(-c5ccncc5)n4)cc(-c4cccc5c4oc4ccccc45)c3)cccc12. The second-order valence-electron chi connectivity index (χ2n) is 12.1. The highest BCUT2D eigenvalue weighted by molar-refractivity contribution is 6.11. The average Bonchev–Trinajstić information content (AvgIpc) is 3.77. The monoisotopic (exact) mass is 643 g/mol. The number of rotatable bonds is 5. The fourth-order valence-corrected chi connectivity index (χ4v) is 6.78. The molecule has 7 heteroatoms. The van der Waals surface area contributed by atoms with E-state index in [1.165, 1.54) is 0 Å². The molecule has 0 unspecified atom stereocenters. The van der Waals surface area contributed by atoms with E-state index in [2.05, 4.69) is 76.7 Å². The van der Waals surface area contributed by atoms with E-state index in [-0.39, 0.29) is 0 Å². The number of nitrogens with zero attached hydrogens (tertiary/aromatic N) is 5. The second-order valence-corrected chi connectivity index (χ2v) is 12.1. The molecule has 234 valence electrons. The number of hydrogen-bond acceptors (Lipinski definition) is 7. The Bertz CT molecular complexity index is 2690. The number of furan rings is 2. The van der Waals surface area contributed by atoms with Gasteiger partial charge < -0.3 is 8.83 Å². The minimum absolute atomic E-state index is 0.537. The maximum atomic E-state index is 6.52. The zero-order chi connectivity index (χ0) is 33.0. The van der Waals surface area contributed by atoms with Crippen LogP contribution in [0.1, 0.15) is 0 Å². The van der Waals surface area contributed by atoms with Gasteiger partial charge in [-0.25, -0.2) is 15.0 Å². The minimum Gasteiger partial charge on any atom is -0.455 e. The standard InChI is InChI=1S/C43H25N5O2/c1-3-13-37-33(7-1)35-11-5-9-31(39(35)49-37)28-23-29(32-10-6-12-36-34-8-2-4-14-38(34)50-40(32)36)25-30(24-28)43-47-41(26-15-19-44-20-16-26)46-42(48-43)27-17-21-45-22-18-27/h1-25H. The first-order chi connectivity index (χ1) is 24.8. The van der Waals surface area contributed by atoms with Gasteiger partial charge in [0.2, 0.25) is 0 Å². The lowest BCUT2D eigenvalue weighted by Crippen LogP contribution is -2.00. The largest absolute Gasteiger partial charge is 0.455 e. The summed E-state index contributed by atoms with van der Waals surface area (Å²) in [7, 11) is 0. The van der Waals surface area contributed by atoms with Gasteiger partial charge in [0.1, 0.15) is 22.3 Å². The third kappa shape index (κ3) is 4.64. The van der Waals surface area contributed by atoms with Crippen molar-refractivity contribution in [3.05, 3.63) is 152 Å². The Labute approximate surface area is 285 Å². The van der Waals surface area contributed by atoms with E-state index in [9.17, 15) is 0 Å². The van der Waals surface area contributed by atoms with Gasteiger partial charge in [-0.15, -0.1) is 0 Å². The van der Waals surface area contributed by atoms with Gasteiger partial charge in [0.05, 0.1) is 0 Å². The predicted molar refractivity (Wildman–Crippen MR) is 197 cm³/mol. The molecule has 0 aliphatic rings. The molecular weight excluding hydrogens is 619 g/mol. The highest BCUT2D eigenvalue weighted by Crippen LogP contribution is 2.41. The molecule has 0 atom stereocenters. The van der Waals surface area contributed by atoms with Crippen molar-refractivity contribution in [2.75, 3.05) is 0 Å². The van der Waals surface area contributed by atoms with Gasteiger partial charge in [0.25, 0.3) is 0 Å². The van der Waals surface area contributed by atoms with E-state index < -0.39 is 0 Å². The summed E-state index contributed by atoms with van der Waals surface area (Å²) >= 11 is 0. The highest BCUT2D eigenvalue weighted by atomic mass is 16.3. The van der Waals surface area contributed by atoms with Gasteiger partial charge in [-0.2, -0.15) is 0 Å². The Hall–Kier alpha value is -6.99. The van der Waals surface area contributed by atoms with Crippen LogP contribution in [-0.4, -0.2) is 24.9 Å². The van der Waals surface area contributed by atoms with Crippen molar-refractivity contribution < 1.29 is 8.83 Å². The zero-order valence-electron chi connectivity index (χ0n) is 26.5. The average molecular weight is 644 g/mol. The third-order valence-electron chi connectivity index (χ3n) is 9.13. The van der Waals surface area contributed by atoms with Crippen LogP contribution in [-0.2, 0) is 0 Å². The highest BCUT2D eigenvalue weighted by Gasteiger charge is 2.19. The van der Waals surface area contributed by atoms with Gasteiger partial charge in [-0.1, -0.05) is 72.8 Å². The van der Waals surface area contributed by atoms with Crippen LogP contribution in [0.15, 0.2) is 161 Å². The molecule has 0 N–H and O–H groups in total. The first kappa shape index (κ1) is 28.1. The Kier molecular flexibility index (Phi) is 6.35. The Morgan fingerprint density at radius 2 is 0.740 bits per heavy atom. The van der Waals surface area contributed by atoms with Crippen molar-refractivity contribution >= 4 is 43.9 Å². The molecule has 7 nitrogen and oxygen atoms in total. The molecule has 0 saturated heterocycles. The number of hydrogen-bond donors (Lipinski definition) is 0. The number of pyridine rings is 2. The molecule has 10 aromatic rings. The van der Waals surface area contributed by atoms with E-state index in [1.54, 1.807) is 24.8 Å². The molecule has 0 aliphatic heterocycles. The topological polar surface area (TPSA) is 90.7 Å². The summed E-state index contributed by atoms with van der Waals surface area (Å²) in [5, 5.41) is 4.28. The first-order valence-electron chi connectivity index (χ1n) is 16.3. The Morgan fingerprint density at radius 3 is 1.22 bits per heavy atom. The smallest absolute Gasteiger partial charge is 0.164 e. The van der Waals surface area contributed by atoms with Crippen LogP contribution < -0.4 is 0 Å². The van der Waals surface area contributed by atoms with Crippen LogP contribution in [0, 0.1) is 0 Å². The van der Waals surface area contributed by atoms with Crippen molar-refractivity contribution in [2.45, 2.75) is 0 Å². The molecule has 5 aromatic carbocycles. The molecule has 0 bridgehead atoms. The Morgan fingerprint density at radius 1 is 0.340 bits per heavy atom. The van der Waals surface area contributed by atoms with Gasteiger partial charge in [-0.3, -0.25) is 9.97 Å². The number of aromatic nitrogens is 5. The van der Waals surface area contributed by atoms with E-state index in [4.69, 9.17) is 23.8 Å². The summed E-state index contributed by atoms with van der Waals surface area (Å²) in [6.07, 6.45) is 6.97. The van der Waals surface area contributed by atoms with Gasteiger partial charge in [0, 0.05) is 74.1 Å². The van der Waals surface area contributed by atoms with Crippen LogP contribution >= 0.6 is 0 Å². The lowest BCUT2D eigenvalue weighted by Gasteiger charge is -2.13. The van der Waals surface area contributed by atoms with Crippen LogP contribution in [0.3, 0.4) is 0 Å². The van der Waals surface area contributed by atoms with Crippen LogP contribution in [0.4, 0.5) is 0 Å². The molecule has 0 saturated carbocycles. The quantitative estimate of drug-likeness (QED) is 0.184. The number of fused-ring (bicyclic) bond motifs is 6. The van der Waals surface area contributed by atoms with Crippen molar-refractivity contribution in [3.63, 3.8) is 0 Å². The van der Waals surface area contributed by atoms with Gasteiger partial charge in [0.15, 0.2) is 17.5 Å². The second kappa shape index (κ2) is 11.3.